The van der Waals surface area contributed by atoms with E-state index in [-0.39, 0.29) is 5.91 Å². The number of aryl methyl sites for hydroxylation is 1. The summed E-state index contributed by atoms with van der Waals surface area (Å²) in [5.41, 5.74) is 4.48. The van der Waals surface area contributed by atoms with Crippen molar-refractivity contribution in [1.29, 1.82) is 0 Å². The lowest BCUT2D eigenvalue weighted by Gasteiger charge is -2.09. The first-order valence-electron chi connectivity index (χ1n) is 8.26. The molecule has 0 N–H and O–H groups in total. The molecule has 0 bridgehead atoms. The highest BCUT2D eigenvalue weighted by Crippen LogP contribution is 2.19. The highest BCUT2D eigenvalue weighted by molar-refractivity contribution is 5.96. The van der Waals surface area contributed by atoms with Crippen molar-refractivity contribution in [3.8, 4) is 5.75 Å². The van der Waals surface area contributed by atoms with Gasteiger partial charge in [-0.2, -0.15) is 5.10 Å². The predicted molar refractivity (Wildman–Crippen MR) is 96.7 cm³/mol. The molecule has 4 nitrogen and oxygen atoms in total. The molecule has 0 aliphatic carbocycles. The molecule has 4 heteroatoms. The minimum atomic E-state index is -0.126. The second-order valence-corrected chi connectivity index (χ2v) is 6.73. The lowest BCUT2D eigenvalue weighted by Crippen LogP contribution is -2.15. The van der Waals surface area contributed by atoms with Crippen LogP contribution < -0.4 is 4.74 Å². The van der Waals surface area contributed by atoms with Gasteiger partial charge in [0.1, 0.15) is 5.75 Å². The topological polar surface area (TPSA) is 44.1 Å². The Labute approximate surface area is 144 Å². The van der Waals surface area contributed by atoms with Crippen LogP contribution in [0.3, 0.4) is 0 Å². The molecule has 0 radical (unpaired) electrons. The van der Waals surface area contributed by atoms with Crippen LogP contribution in [0.5, 0.6) is 5.75 Å². The standard InChI is InChI=1S/C20H26N2O2/c1-13(2)11-19-15(5)21-22(16(19)6)20(23)17-7-9-18(10-8-17)24-12-14(3)4/h7-10,14H,1,11-12H2,2-6H3. The van der Waals surface area contributed by atoms with Crippen LogP contribution in [0, 0.1) is 19.8 Å². The van der Waals surface area contributed by atoms with Crippen molar-refractivity contribution in [2.75, 3.05) is 6.61 Å². The zero-order valence-corrected chi connectivity index (χ0v) is 15.2. The molecule has 0 saturated carbocycles. The van der Waals surface area contributed by atoms with E-state index in [2.05, 4.69) is 25.5 Å². The van der Waals surface area contributed by atoms with Gasteiger partial charge in [-0.1, -0.05) is 26.0 Å². The highest BCUT2D eigenvalue weighted by atomic mass is 16.5. The number of hydrogen-bond donors (Lipinski definition) is 0. The number of nitrogens with zero attached hydrogens (tertiary/aromatic N) is 2. The van der Waals surface area contributed by atoms with Crippen molar-refractivity contribution < 1.29 is 9.53 Å². The van der Waals surface area contributed by atoms with Gasteiger partial charge in [-0.3, -0.25) is 4.79 Å². The molecule has 1 aromatic heterocycles. The lowest BCUT2D eigenvalue weighted by molar-refractivity contribution is 0.0942. The Morgan fingerprint density at radius 3 is 2.42 bits per heavy atom. The van der Waals surface area contributed by atoms with E-state index < -0.39 is 0 Å². The molecule has 0 unspecified atom stereocenters. The number of carbonyl (C=O) groups is 1. The molecule has 0 amide bonds. The summed E-state index contributed by atoms with van der Waals surface area (Å²) in [6.45, 7) is 14.6. The first-order chi connectivity index (χ1) is 11.3. The fraction of sp³-hybridized carbons (Fsp3) is 0.400. The van der Waals surface area contributed by atoms with E-state index in [0.717, 1.165) is 34.7 Å². The molecule has 24 heavy (non-hydrogen) atoms. The largest absolute Gasteiger partial charge is 0.493 e. The maximum absolute atomic E-state index is 12.7. The van der Waals surface area contributed by atoms with Gasteiger partial charge < -0.3 is 4.74 Å². The van der Waals surface area contributed by atoms with Crippen molar-refractivity contribution in [2.24, 2.45) is 5.92 Å². The average Bonchev–Trinajstić information content (AvgIpc) is 2.80. The molecule has 128 valence electrons. The van der Waals surface area contributed by atoms with Crippen LogP contribution in [0.25, 0.3) is 0 Å². The number of aromatic nitrogens is 2. The summed E-state index contributed by atoms with van der Waals surface area (Å²) in [5.74, 6) is 1.11. The second-order valence-electron chi connectivity index (χ2n) is 6.73. The van der Waals surface area contributed by atoms with Crippen molar-refractivity contribution in [3.63, 3.8) is 0 Å². The van der Waals surface area contributed by atoms with Crippen molar-refractivity contribution >= 4 is 5.91 Å². The van der Waals surface area contributed by atoms with Gasteiger partial charge in [0.15, 0.2) is 0 Å². The van der Waals surface area contributed by atoms with Gasteiger partial charge in [0, 0.05) is 16.8 Å². The Morgan fingerprint density at radius 2 is 1.88 bits per heavy atom. The third kappa shape index (κ3) is 4.13. The van der Waals surface area contributed by atoms with E-state index in [1.165, 1.54) is 4.68 Å². The van der Waals surface area contributed by atoms with E-state index in [0.29, 0.717) is 18.1 Å². The number of carbonyl (C=O) groups excluding carboxylic acids is 1. The van der Waals surface area contributed by atoms with E-state index in [9.17, 15) is 4.79 Å². The first-order valence-corrected chi connectivity index (χ1v) is 8.26. The maximum atomic E-state index is 12.7. The summed E-state index contributed by atoms with van der Waals surface area (Å²) in [6.07, 6.45) is 0.743. The molecule has 2 rings (SSSR count). The molecule has 0 atom stereocenters. The SMILES string of the molecule is C=C(C)Cc1c(C)nn(C(=O)c2ccc(OCC(C)C)cc2)c1C. The quantitative estimate of drug-likeness (QED) is 0.742. The summed E-state index contributed by atoms with van der Waals surface area (Å²) < 4.78 is 7.14. The lowest BCUT2D eigenvalue weighted by atomic mass is 10.1. The molecule has 2 aromatic rings. The molecule has 1 heterocycles. The summed E-state index contributed by atoms with van der Waals surface area (Å²) >= 11 is 0. The number of hydrogen-bond acceptors (Lipinski definition) is 3. The van der Waals surface area contributed by atoms with Gasteiger partial charge in [-0.15, -0.1) is 0 Å². The second kappa shape index (κ2) is 7.47. The summed E-state index contributed by atoms with van der Waals surface area (Å²) in [7, 11) is 0. The van der Waals surface area contributed by atoms with E-state index in [1.807, 2.05) is 32.9 Å². The number of rotatable bonds is 6. The maximum Gasteiger partial charge on any atom is 0.278 e. The summed E-state index contributed by atoms with van der Waals surface area (Å²) in [4.78, 5) is 12.7. The fourth-order valence-electron chi connectivity index (χ4n) is 2.51. The third-order valence-corrected chi connectivity index (χ3v) is 3.80. The van der Waals surface area contributed by atoms with Crippen LogP contribution in [0.15, 0.2) is 36.4 Å². The Bertz CT molecular complexity index is 740. The van der Waals surface area contributed by atoms with E-state index >= 15 is 0 Å². The van der Waals surface area contributed by atoms with E-state index in [4.69, 9.17) is 4.74 Å². The van der Waals surface area contributed by atoms with Crippen LogP contribution in [0.2, 0.25) is 0 Å². The van der Waals surface area contributed by atoms with Gasteiger partial charge >= 0.3 is 0 Å². The van der Waals surface area contributed by atoms with Gasteiger partial charge in [0.05, 0.1) is 12.3 Å². The first kappa shape index (κ1) is 18.0. The Kier molecular flexibility index (Phi) is 5.60. The van der Waals surface area contributed by atoms with Gasteiger partial charge in [-0.05, 0) is 57.4 Å². The molecule has 0 aliphatic rings. The minimum absolute atomic E-state index is 0.126. The van der Waals surface area contributed by atoms with Gasteiger partial charge in [0.25, 0.3) is 5.91 Å². The van der Waals surface area contributed by atoms with Crippen LogP contribution in [0.1, 0.15) is 48.1 Å². The smallest absolute Gasteiger partial charge is 0.278 e. The Hall–Kier alpha value is -2.36. The fourth-order valence-corrected chi connectivity index (χ4v) is 2.51. The van der Waals surface area contributed by atoms with Crippen LogP contribution in [0.4, 0.5) is 0 Å². The molecular weight excluding hydrogens is 300 g/mol. The Morgan fingerprint density at radius 1 is 1.25 bits per heavy atom. The van der Waals surface area contributed by atoms with Crippen LogP contribution >= 0.6 is 0 Å². The van der Waals surface area contributed by atoms with Gasteiger partial charge in [0.2, 0.25) is 0 Å². The average molecular weight is 326 g/mol. The summed E-state index contributed by atoms with van der Waals surface area (Å²) in [5, 5.41) is 4.42. The van der Waals surface area contributed by atoms with Crippen molar-refractivity contribution in [2.45, 2.75) is 41.0 Å². The molecule has 0 saturated heterocycles. The van der Waals surface area contributed by atoms with Crippen molar-refractivity contribution in [3.05, 3.63) is 58.9 Å². The zero-order valence-electron chi connectivity index (χ0n) is 15.2. The summed E-state index contributed by atoms with van der Waals surface area (Å²) in [6, 6.07) is 7.23. The molecule has 0 fully saturated rings. The third-order valence-electron chi connectivity index (χ3n) is 3.80. The van der Waals surface area contributed by atoms with Crippen molar-refractivity contribution in [1.82, 2.24) is 9.78 Å². The Balaban J connectivity index is 2.21. The number of benzene rings is 1. The zero-order chi connectivity index (χ0) is 17.9. The van der Waals surface area contributed by atoms with Gasteiger partial charge in [-0.25, -0.2) is 4.68 Å². The minimum Gasteiger partial charge on any atom is -0.493 e. The number of ether oxygens (including phenoxy) is 1. The monoisotopic (exact) mass is 326 g/mol. The highest BCUT2D eigenvalue weighted by Gasteiger charge is 2.18. The van der Waals surface area contributed by atoms with Crippen LogP contribution in [-0.2, 0) is 6.42 Å². The normalized spacial score (nSPS) is 10.9. The predicted octanol–water partition coefficient (Wildman–Crippen LogP) is 4.34. The molecule has 1 aromatic carbocycles. The number of allylic oxidation sites excluding steroid dienone is 1. The van der Waals surface area contributed by atoms with Crippen LogP contribution in [-0.4, -0.2) is 22.3 Å². The molecular formula is C20H26N2O2. The van der Waals surface area contributed by atoms with E-state index in [1.54, 1.807) is 12.1 Å². The molecule has 0 aliphatic heterocycles. The molecule has 0 spiro atoms.